The highest BCUT2D eigenvalue weighted by Crippen LogP contribution is 2.41. The molecule has 4 atom stereocenters. The van der Waals surface area contributed by atoms with E-state index in [0.29, 0.717) is 12.6 Å². The third-order valence-electron chi connectivity index (χ3n) is 7.40. The Morgan fingerprint density at radius 3 is 2.79 bits per heavy atom. The van der Waals surface area contributed by atoms with Gasteiger partial charge in [0.2, 0.25) is 0 Å². The zero-order valence-electron chi connectivity index (χ0n) is 20.2. The number of aromatic nitrogens is 2. The molecule has 2 aliphatic carbocycles. The number of allylic oxidation sites excluding steroid dienone is 1. The van der Waals surface area contributed by atoms with Gasteiger partial charge in [-0.2, -0.15) is 5.10 Å². The van der Waals surface area contributed by atoms with Crippen molar-refractivity contribution >= 4 is 12.0 Å². The van der Waals surface area contributed by atoms with E-state index in [2.05, 4.69) is 41.2 Å². The highest BCUT2D eigenvalue weighted by atomic mass is 16.8. The fourth-order valence-electron chi connectivity index (χ4n) is 5.78. The van der Waals surface area contributed by atoms with Crippen LogP contribution in [0.3, 0.4) is 0 Å². The standard InChI is InChI=1S/C27H36N4O3/c1-4-12-28-24-15-22(20-11-7-10-19(13-20)18-8-5-6-9-18)30-31(24)17-29-23-14-21(16-32)25-26(23)34-27(2,3)33-25/h4,7,10-13,15,18,21,23,25-26,29,32H,1,5-6,8-9,14,16-17H2,2-3H3/t21-,23-,25-,26+/m1/s1. The second-order valence-corrected chi connectivity index (χ2v) is 10.2. The van der Waals surface area contributed by atoms with Gasteiger partial charge in [0.15, 0.2) is 11.6 Å². The van der Waals surface area contributed by atoms with Crippen molar-refractivity contribution in [2.75, 3.05) is 6.61 Å². The summed E-state index contributed by atoms with van der Waals surface area (Å²) in [5, 5.41) is 18.3. The zero-order chi connectivity index (χ0) is 23.7. The number of benzene rings is 1. The molecule has 182 valence electrons. The van der Waals surface area contributed by atoms with Crippen LogP contribution >= 0.6 is 0 Å². The third kappa shape index (κ3) is 4.75. The molecule has 3 aliphatic rings. The maximum atomic E-state index is 9.85. The van der Waals surface area contributed by atoms with Crippen LogP contribution in [-0.2, 0) is 16.1 Å². The molecule has 5 rings (SSSR count). The Kier molecular flexibility index (Phi) is 6.71. The van der Waals surface area contributed by atoms with Gasteiger partial charge in [-0.1, -0.05) is 43.7 Å². The molecule has 0 unspecified atom stereocenters. The predicted octanol–water partition coefficient (Wildman–Crippen LogP) is 4.54. The van der Waals surface area contributed by atoms with Crippen LogP contribution in [0.5, 0.6) is 0 Å². The Morgan fingerprint density at radius 2 is 2.03 bits per heavy atom. The molecule has 1 aliphatic heterocycles. The van der Waals surface area contributed by atoms with E-state index in [0.717, 1.165) is 23.5 Å². The molecule has 1 aromatic carbocycles. The first kappa shape index (κ1) is 23.4. The van der Waals surface area contributed by atoms with Gasteiger partial charge >= 0.3 is 0 Å². The van der Waals surface area contributed by atoms with Gasteiger partial charge < -0.3 is 14.6 Å². The second-order valence-electron chi connectivity index (χ2n) is 10.2. The number of rotatable bonds is 8. The van der Waals surface area contributed by atoms with Crippen molar-refractivity contribution in [3.05, 3.63) is 48.6 Å². The summed E-state index contributed by atoms with van der Waals surface area (Å²) in [5.41, 5.74) is 3.44. The molecule has 0 amide bonds. The summed E-state index contributed by atoms with van der Waals surface area (Å²) in [5.74, 6) is 0.862. The first-order valence-electron chi connectivity index (χ1n) is 12.5. The Labute approximate surface area is 201 Å². The predicted molar refractivity (Wildman–Crippen MR) is 133 cm³/mol. The molecule has 7 heteroatoms. The van der Waals surface area contributed by atoms with E-state index in [1.54, 1.807) is 12.3 Å². The lowest BCUT2D eigenvalue weighted by atomic mass is 9.95. The molecule has 34 heavy (non-hydrogen) atoms. The number of hydrogen-bond acceptors (Lipinski definition) is 6. The summed E-state index contributed by atoms with van der Waals surface area (Å²) < 4.78 is 14.1. The third-order valence-corrected chi connectivity index (χ3v) is 7.40. The van der Waals surface area contributed by atoms with Crippen LogP contribution in [0.4, 0.5) is 5.82 Å². The van der Waals surface area contributed by atoms with Crippen LogP contribution in [0.1, 0.15) is 57.4 Å². The molecular formula is C27H36N4O3. The van der Waals surface area contributed by atoms with E-state index in [1.165, 1.54) is 31.2 Å². The summed E-state index contributed by atoms with van der Waals surface area (Å²) in [6, 6.07) is 10.9. The first-order valence-corrected chi connectivity index (χ1v) is 12.5. The molecule has 2 aromatic rings. The van der Waals surface area contributed by atoms with Gasteiger partial charge in [0.25, 0.3) is 0 Å². The van der Waals surface area contributed by atoms with Crippen molar-refractivity contribution in [2.24, 2.45) is 10.9 Å². The van der Waals surface area contributed by atoms with E-state index < -0.39 is 5.79 Å². The molecule has 0 bridgehead atoms. The molecule has 3 fully saturated rings. The lowest BCUT2D eigenvalue weighted by Gasteiger charge is -2.23. The maximum absolute atomic E-state index is 9.85. The van der Waals surface area contributed by atoms with E-state index in [9.17, 15) is 5.11 Å². The molecule has 2 N–H and O–H groups in total. The average molecular weight is 465 g/mol. The number of aliphatic hydroxyl groups is 1. The van der Waals surface area contributed by atoms with E-state index in [1.807, 2.05) is 24.6 Å². The fourth-order valence-corrected chi connectivity index (χ4v) is 5.78. The number of nitrogens with one attached hydrogen (secondary N) is 1. The van der Waals surface area contributed by atoms with Gasteiger partial charge in [-0.15, -0.1) is 0 Å². The van der Waals surface area contributed by atoms with Gasteiger partial charge in [0, 0.05) is 36.4 Å². The minimum atomic E-state index is -0.633. The van der Waals surface area contributed by atoms with Crippen molar-refractivity contribution in [3.8, 4) is 11.3 Å². The monoisotopic (exact) mass is 464 g/mol. The summed E-state index contributed by atoms with van der Waals surface area (Å²) >= 11 is 0. The Balaban J connectivity index is 1.35. The molecule has 7 nitrogen and oxygen atoms in total. The zero-order valence-corrected chi connectivity index (χ0v) is 20.2. The van der Waals surface area contributed by atoms with Crippen LogP contribution in [0.2, 0.25) is 0 Å². The summed E-state index contributed by atoms with van der Waals surface area (Å²) in [7, 11) is 0. The minimum absolute atomic E-state index is 0.0639. The lowest BCUT2D eigenvalue weighted by molar-refractivity contribution is -0.160. The van der Waals surface area contributed by atoms with Crippen molar-refractivity contribution < 1.29 is 14.6 Å². The number of nitrogens with zero attached hydrogens (tertiary/aromatic N) is 3. The second kappa shape index (κ2) is 9.74. The number of hydrogen-bond donors (Lipinski definition) is 2. The van der Waals surface area contributed by atoms with Crippen molar-refractivity contribution in [1.82, 2.24) is 15.1 Å². The van der Waals surface area contributed by atoms with Gasteiger partial charge in [0.05, 0.1) is 18.5 Å². The maximum Gasteiger partial charge on any atom is 0.163 e. The Bertz CT molecular complexity index is 1040. The Hall–Kier alpha value is -2.32. The molecule has 0 spiro atoms. The summed E-state index contributed by atoms with van der Waals surface area (Å²) in [4.78, 5) is 4.56. The number of aliphatic imine (C=N–C) groups is 1. The van der Waals surface area contributed by atoms with Crippen molar-refractivity contribution in [1.29, 1.82) is 0 Å². The van der Waals surface area contributed by atoms with Gasteiger partial charge in [-0.3, -0.25) is 5.32 Å². The topological polar surface area (TPSA) is 80.9 Å². The van der Waals surface area contributed by atoms with E-state index in [4.69, 9.17) is 14.6 Å². The average Bonchev–Trinajstić information content (AvgIpc) is 3.60. The number of aliphatic hydroxyl groups excluding tert-OH is 1. The normalized spacial score (nSPS) is 28.7. The number of fused-ring (bicyclic) bond motifs is 1. The van der Waals surface area contributed by atoms with Crippen molar-refractivity contribution in [2.45, 2.75) is 82.6 Å². The SMILES string of the molecule is C=CC=Nc1cc(-c2cccc(C3CCCC3)c2)nn1CN[C@@H]1C[C@H](CO)[C@H]2OC(C)(C)O[C@H]21. The molecular weight excluding hydrogens is 428 g/mol. The van der Waals surface area contributed by atoms with Crippen molar-refractivity contribution in [3.63, 3.8) is 0 Å². The first-order chi connectivity index (χ1) is 16.5. The van der Waals surface area contributed by atoms with Crippen LogP contribution < -0.4 is 5.32 Å². The molecule has 1 aromatic heterocycles. The van der Waals surface area contributed by atoms with Crippen LogP contribution in [-0.4, -0.2) is 51.7 Å². The largest absolute Gasteiger partial charge is 0.396 e. The molecule has 2 heterocycles. The summed E-state index contributed by atoms with van der Waals surface area (Å²) in [6.45, 7) is 8.19. The van der Waals surface area contributed by atoms with Gasteiger partial charge in [-0.05, 0) is 50.7 Å². The van der Waals surface area contributed by atoms with Crippen LogP contribution in [0.25, 0.3) is 11.3 Å². The fraction of sp³-hybridized carbons (Fsp3) is 0.556. The lowest BCUT2D eigenvalue weighted by Crippen LogP contribution is -2.40. The smallest absolute Gasteiger partial charge is 0.163 e. The van der Waals surface area contributed by atoms with Crippen LogP contribution in [0.15, 0.2) is 48.0 Å². The Morgan fingerprint density at radius 1 is 1.24 bits per heavy atom. The van der Waals surface area contributed by atoms with E-state index >= 15 is 0 Å². The minimum Gasteiger partial charge on any atom is -0.396 e. The van der Waals surface area contributed by atoms with Gasteiger partial charge in [0.1, 0.15) is 6.10 Å². The summed E-state index contributed by atoms with van der Waals surface area (Å²) in [6.07, 6.45) is 9.16. The highest BCUT2D eigenvalue weighted by Gasteiger charge is 2.53. The molecule has 0 radical (unpaired) electrons. The molecule has 1 saturated heterocycles. The molecule has 2 saturated carbocycles. The van der Waals surface area contributed by atoms with Crippen LogP contribution in [0, 0.1) is 5.92 Å². The quantitative estimate of drug-likeness (QED) is 0.561. The van der Waals surface area contributed by atoms with Gasteiger partial charge in [-0.25, -0.2) is 9.67 Å². The van der Waals surface area contributed by atoms with E-state index in [-0.39, 0.29) is 30.8 Å². The number of ether oxygens (including phenoxy) is 2. The highest BCUT2D eigenvalue weighted by molar-refractivity contribution is 5.74.